The monoisotopic (exact) mass is 285 g/mol. The minimum atomic E-state index is -0.302. The Morgan fingerprint density at radius 3 is 2.05 bits per heavy atom. The van der Waals surface area contributed by atoms with Crippen LogP contribution in [0.2, 0.25) is 0 Å². The van der Waals surface area contributed by atoms with Gasteiger partial charge in [-0.15, -0.1) is 0 Å². The second-order valence-corrected chi connectivity index (χ2v) is 4.63. The summed E-state index contributed by atoms with van der Waals surface area (Å²) in [4.78, 5) is 0. The number of aromatic nitrogens is 2. The third-order valence-corrected chi connectivity index (χ3v) is 3.22. The summed E-state index contributed by atoms with van der Waals surface area (Å²) in [5.41, 5.74) is 8.81. The van der Waals surface area contributed by atoms with Crippen LogP contribution in [0, 0.1) is 11.6 Å². The van der Waals surface area contributed by atoms with Gasteiger partial charge in [-0.2, -0.15) is 5.10 Å². The number of halogens is 2. The normalized spacial score (nSPS) is 10.8. The zero-order valence-corrected chi connectivity index (χ0v) is 11.1. The molecule has 3 aromatic rings. The molecule has 3 rings (SSSR count). The van der Waals surface area contributed by atoms with E-state index in [1.807, 2.05) is 0 Å². The quantitative estimate of drug-likeness (QED) is 0.802. The number of hydrogen-bond acceptors (Lipinski definition) is 2. The Morgan fingerprint density at radius 2 is 1.48 bits per heavy atom. The zero-order valence-electron chi connectivity index (χ0n) is 11.1. The predicted octanol–water partition coefficient (Wildman–Crippen LogP) is 3.28. The van der Waals surface area contributed by atoms with Crippen LogP contribution in [0.5, 0.6) is 0 Å². The van der Waals surface area contributed by atoms with Gasteiger partial charge in [0.05, 0.1) is 11.4 Å². The molecule has 0 spiro atoms. The molecule has 1 heterocycles. The van der Waals surface area contributed by atoms with Crippen molar-refractivity contribution in [3.05, 3.63) is 71.9 Å². The summed E-state index contributed by atoms with van der Waals surface area (Å²) in [5, 5.41) is 4.47. The maximum absolute atomic E-state index is 13.0. The first-order valence-corrected chi connectivity index (χ1v) is 6.48. The molecule has 106 valence electrons. The maximum atomic E-state index is 13.0. The van der Waals surface area contributed by atoms with Gasteiger partial charge in [0.25, 0.3) is 0 Å². The Bertz CT molecular complexity index is 746. The van der Waals surface area contributed by atoms with E-state index in [1.54, 1.807) is 35.1 Å². The van der Waals surface area contributed by atoms with Gasteiger partial charge in [-0.1, -0.05) is 0 Å². The van der Waals surface area contributed by atoms with Crippen LogP contribution >= 0.6 is 0 Å². The van der Waals surface area contributed by atoms with E-state index in [0.717, 1.165) is 16.8 Å². The van der Waals surface area contributed by atoms with Gasteiger partial charge >= 0.3 is 0 Å². The first-order valence-electron chi connectivity index (χ1n) is 6.48. The van der Waals surface area contributed by atoms with Gasteiger partial charge in [0.1, 0.15) is 11.6 Å². The van der Waals surface area contributed by atoms with Crippen molar-refractivity contribution in [1.82, 2.24) is 9.78 Å². The molecule has 0 aliphatic rings. The van der Waals surface area contributed by atoms with Crippen LogP contribution in [0.1, 0.15) is 5.56 Å². The molecular formula is C16H13F2N3. The second-order valence-electron chi connectivity index (χ2n) is 4.63. The number of nitrogens with two attached hydrogens (primary N) is 1. The van der Waals surface area contributed by atoms with E-state index in [0.29, 0.717) is 12.2 Å². The summed E-state index contributed by atoms with van der Waals surface area (Å²) in [5.74, 6) is -0.602. The fourth-order valence-corrected chi connectivity index (χ4v) is 2.14. The van der Waals surface area contributed by atoms with Crippen LogP contribution in [-0.4, -0.2) is 9.78 Å². The molecule has 2 N–H and O–H groups in total. The van der Waals surface area contributed by atoms with Crippen LogP contribution < -0.4 is 5.73 Å². The molecule has 0 aliphatic heterocycles. The van der Waals surface area contributed by atoms with Gasteiger partial charge in [0, 0.05) is 23.9 Å². The molecule has 2 aromatic carbocycles. The lowest BCUT2D eigenvalue weighted by Gasteiger charge is -2.01. The number of nitrogens with zero attached hydrogens (tertiary/aromatic N) is 2. The lowest BCUT2D eigenvalue weighted by atomic mass is 10.1. The maximum Gasteiger partial charge on any atom is 0.123 e. The molecule has 0 aliphatic carbocycles. The van der Waals surface area contributed by atoms with Gasteiger partial charge in [-0.25, -0.2) is 13.5 Å². The van der Waals surface area contributed by atoms with E-state index in [-0.39, 0.29) is 11.6 Å². The minimum absolute atomic E-state index is 0.300. The smallest absolute Gasteiger partial charge is 0.123 e. The number of hydrogen-bond donors (Lipinski definition) is 1. The molecule has 0 saturated heterocycles. The van der Waals surface area contributed by atoms with Gasteiger partial charge in [0.15, 0.2) is 0 Å². The Morgan fingerprint density at radius 1 is 0.905 bits per heavy atom. The van der Waals surface area contributed by atoms with Gasteiger partial charge in [-0.3, -0.25) is 0 Å². The van der Waals surface area contributed by atoms with Gasteiger partial charge in [-0.05, 0) is 48.5 Å². The molecule has 0 unspecified atom stereocenters. The fraction of sp³-hybridized carbons (Fsp3) is 0.0625. The van der Waals surface area contributed by atoms with E-state index >= 15 is 0 Å². The lowest BCUT2D eigenvalue weighted by molar-refractivity contribution is 0.627. The molecule has 0 radical (unpaired) electrons. The Hall–Kier alpha value is -2.53. The van der Waals surface area contributed by atoms with Gasteiger partial charge < -0.3 is 5.73 Å². The second kappa shape index (κ2) is 5.46. The molecule has 0 saturated carbocycles. The number of rotatable bonds is 3. The van der Waals surface area contributed by atoms with Crippen molar-refractivity contribution in [2.75, 3.05) is 0 Å². The largest absolute Gasteiger partial charge is 0.326 e. The average molecular weight is 285 g/mol. The molecule has 0 atom stereocenters. The SMILES string of the molecule is NCc1cn(-c2ccc(F)cc2)nc1-c1ccc(F)cc1. The minimum Gasteiger partial charge on any atom is -0.326 e. The van der Waals surface area contributed by atoms with E-state index in [1.165, 1.54) is 24.3 Å². The highest BCUT2D eigenvalue weighted by atomic mass is 19.1. The summed E-state index contributed by atoms with van der Waals surface area (Å²) in [6, 6.07) is 12.1. The standard InChI is InChI=1S/C16H13F2N3/c17-13-3-1-11(2-4-13)16-12(9-19)10-21(20-16)15-7-5-14(18)6-8-15/h1-8,10H,9,19H2. The van der Waals surface area contributed by atoms with Crippen LogP contribution in [0.3, 0.4) is 0 Å². The topological polar surface area (TPSA) is 43.8 Å². The van der Waals surface area contributed by atoms with E-state index < -0.39 is 0 Å². The first kappa shape index (κ1) is 13.5. The van der Waals surface area contributed by atoms with E-state index in [2.05, 4.69) is 5.10 Å². The molecule has 5 heteroatoms. The average Bonchev–Trinajstić information content (AvgIpc) is 2.93. The lowest BCUT2D eigenvalue weighted by Crippen LogP contribution is -1.96. The highest BCUT2D eigenvalue weighted by Gasteiger charge is 2.11. The predicted molar refractivity (Wildman–Crippen MR) is 76.8 cm³/mol. The van der Waals surface area contributed by atoms with Crippen molar-refractivity contribution in [2.24, 2.45) is 5.73 Å². The molecule has 0 amide bonds. The molecule has 3 nitrogen and oxygen atoms in total. The fourth-order valence-electron chi connectivity index (χ4n) is 2.14. The van der Waals surface area contributed by atoms with Crippen molar-refractivity contribution in [1.29, 1.82) is 0 Å². The highest BCUT2D eigenvalue weighted by molar-refractivity contribution is 5.63. The molecule has 0 fully saturated rings. The highest BCUT2D eigenvalue weighted by Crippen LogP contribution is 2.23. The van der Waals surface area contributed by atoms with Gasteiger partial charge in [0.2, 0.25) is 0 Å². The number of benzene rings is 2. The third-order valence-electron chi connectivity index (χ3n) is 3.22. The Labute approximate surface area is 120 Å². The summed E-state index contributed by atoms with van der Waals surface area (Å²) in [6.07, 6.45) is 1.80. The van der Waals surface area contributed by atoms with E-state index in [4.69, 9.17) is 5.73 Å². The summed E-state index contributed by atoms with van der Waals surface area (Å²) >= 11 is 0. The first-order chi connectivity index (χ1) is 10.2. The summed E-state index contributed by atoms with van der Waals surface area (Å²) in [6.45, 7) is 0.313. The van der Waals surface area contributed by atoms with Crippen LogP contribution in [0.15, 0.2) is 54.7 Å². The Balaban J connectivity index is 2.05. The molecule has 0 bridgehead atoms. The zero-order chi connectivity index (χ0) is 14.8. The van der Waals surface area contributed by atoms with Crippen LogP contribution in [0.4, 0.5) is 8.78 Å². The van der Waals surface area contributed by atoms with Crippen molar-refractivity contribution in [2.45, 2.75) is 6.54 Å². The van der Waals surface area contributed by atoms with Crippen molar-refractivity contribution in [3.63, 3.8) is 0 Å². The summed E-state index contributed by atoms with van der Waals surface area (Å²) in [7, 11) is 0. The third kappa shape index (κ3) is 2.68. The van der Waals surface area contributed by atoms with Crippen molar-refractivity contribution in [3.8, 4) is 16.9 Å². The molecular weight excluding hydrogens is 272 g/mol. The summed E-state index contributed by atoms with van der Waals surface area (Å²) < 4.78 is 27.6. The van der Waals surface area contributed by atoms with Crippen molar-refractivity contribution < 1.29 is 8.78 Å². The Kier molecular flexibility index (Phi) is 3.50. The van der Waals surface area contributed by atoms with Crippen molar-refractivity contribution >= 4 is 0 Å². The van der Waals surface area contributed by atoms with E-state index in [9.17, 15) is 8.78 Å². The molecule has 21 heavy (non-hydrogen) atoms. The van der Waals surface area contributed by atoms with Crippen LogP contribution in [0.25, 0.3) is 16.9 Å². The van der Waals surface area contributed by atoms with Crippen LogP contribution in [-0.2, 0) is 6.54 Å². The molecule has 1 aromatic heterocycles.